The average molecular weight is 324 g/mol. The van der Waals surface area contributed by atoms with Crippen molar-refractivity contribution >= 4 is 28.1 Å². The van der Waals surface area contributed by atoms with Crippen LogP contribution in [0.1, 0.15) is 29.0 Å². The van der Waals surface area contributed by atoms with E-state index in [-0.39, 0.29) is 11.3 Å². The molecule has 0 unspecified atom stereocenters. The molecule has 3 nitrogen and oxygen atoms in total. The number of carbonyl (C=O) groups is 1. The van der Waals surface area contributed by atoms with Crippen LogP contribution in [0.5, 0.6) is 0 Å². The van der Waals surface area contributed by atoms with Gasteiger partial charge >= 0.3 is 0 Å². The molecule has 1 fully saturated rings. The molecule has 0 saturated heterocycles. The first kappa shape index (κ1) is 14.5. The SMILES string of the molecule is Cc1[nH]c2ccccc2c1C1(CNC(=O)Cc2cccs2)CC1. The third-order valence-corrected chi connectivity index (χ3v) is 5.69. The lowest BCUT2D eigenvalue weighted by Crippen LogP contribution is -2.33. The molecule has 0 atom stereocenters. The number of fused-ring (bicyclic) bond motifs is 1. The molecule has 0 bridgehead atoms. The molecule has 1 aromatic carbocycles. The lowest BCUT2D eigenvalue weighted by Gasteiger charge is -2.17. The van der Waals surface area contributed by atoms with Gasteiger partial charge in [0.25, 0.3) is 0 Å². The van der Waals surface area contributed by atoms with Gasteiger partial charge in [-0.3, -0.25) is 4.79 Å². The van der Waals surface area contributed by atoms with Crippen molar-refractivity contribution in [1.29, 1.82) is 0 Å². The quantitative estimate of drug-likeness (QED) is 0.734. The molecule has 118 valence electrons. The number of rotatable bonds is 5. The van der Waals surface area contributed by atoms with Crippen LogP contribution in [-0.4, -0.2) is 17.4 Å². The minimum absolute atomic E-state index is 0.120. The number of para-hydroxylation sites is 1. The molecular weight excluding hydrogens is 304 g/mol. The van der Waals surface area contributed by atoms with Gasteiger partial charge in [0.15, 0.2) is 0 Å². The zero-order chi connectivity index (χ0) is 15.9. The highest BCUT2D eigenvalue weighted by atomic mass is 32.1. The highest BCUT2D eigenvalue weighted by Crippen LogP contribution is 2.51. The maximum absolute atomic E-state index is 12.2. The summed E-state index contributed by atoms with van der Waals surface area (Å²) in [6.45, 7) is 2.88. The Labute approximate surface area is 139 Å². The monoisotopic (exact) mass is 324 g/mol. The number of H-pyrrole nitrogens is 1. The standard InChI is InChI=1S/C19H20N2OS/c1-13-18(15-6-2-3-7-16(15)21-13)19(8-9-19)12-20-17(22)11-14-5-4-10-23-14/h2-7,10,21H,8-9,11-12H2,1H3,(H,20,22). The molecule has 4 rings (SSSR count). The van der Waals surface area contributed by atoms with E-state index >= 15 is 0 Å². The molecule has 2 aromatic heterocycles. The summed E-state index contributed by atoms with van der Waals surface area (Å²) >= 11 is 1.64. The van der Waals surface area contributed by atoms with E-state index in [2.05, 4.69) is 41.5 Å². The Kier molecular flexibility index (Phi) is 3.49. The van der Waals surface area contributed by atoms with E-state index in [1.54, 1.807) is 11.3 Å². The van der Waals surface area contributed by atoms with Crippen molar-refractivity contribution in [3.8, 4) is 0 Å². The van der Waals surface area contributed by atoms with Crippen molar-refractivity contribution in [1.82, 2.24) is 10.3 Å². The van der Waals surface area contributed by atoms with Gasteiger partial charge in [-0.15, -0.1) is 11.3 Å². The van der Waals surface area contributed by atoms with Gasteiger partial charge in [-0.2, -0.15) is 0 Å². The normalized spacial score (nSPS) is 15.7. The van der Waals surface area contributed by atoms with Crippen LogP contribution in [0.15, 0.2) is 41.8 Å². The fourth-order valence-corrected chi connectivity index (χ4v) is 4.23. The molecule has 0 radical (unpaired) electrons. The maximum Gasteiger partial charge on any atom is 0.225 e. The Morgan fingerprint density at radius 2 is 2.09 bits per heavy atom. The second kappa shape index (κ2) is 5.53. The average Bonchev–Trinajstić information content (AvgIpc) is 2.98. The highest BCUT2D eigenvalue weighted by Gasteiger charge is 2.46. The topological polar surface area (TPSA) is 44.9 Å². The number of hydrogen-bond acceptors (Lipinski definition) is 2. The largest absolute Gasteiger partial charge is 0.358 e. The van der Waals surface area contributed by atoms with Gasteiger partial charge in [-0.05, 0) is 42.8 Å². The van der Waals surface area contributed by atoms with E-state index in [1.165, 1.54) is 22.2 Å². The van der Waals surface area contributed by atoms with Gasteiger partial charge in [0.05, 0.1) is 6.42 Å². The second-order valence-electron chi connectivity index (χ2n) is 6.48. The van der Waals surface area contributed by atoms with E-state index < -0.39 is 0 Å². The van der Waals surface area contributed by atoms with Crippen LogP contribution in [0, 0.1) is 6.92 Å². The Morgan fingerprint density at radius 1 is 1.26 bits per heavy atom. The number of aromatic nitrogens is 1. The van der Waals surface area contributed by atoms with Crippen molar-refractivity contribution in [3.63, 3.8) is 0 Å². The van der Waals surface area contributed by atoms with Gasteiger partial charge in [0.2, 0.25) is 5.91 Å². The van der Waals surface area contributed by atoms with E-state index in [1.807, 2.05) is 17.5 Å². The molecule has 23 heavy (non-hydrogen) atoms. The van der Waals surface area contributed by atoms with Crippen LogP contribution in [0.3, 0.4) is 0 Å². The van der Waals surface area contributed by atoms with Crippen LogP contribution in [0.4, 0.5) is 0 Å². The van der Waals surface area contributed by atoms with Crippen molar-refractivity contribution < 1.29 is 4.79 Å². The number of carbonyl (C=O) groups excluding carboxylic acids is 1. The van der Waals surface area contributed by atoms with Gasteiger partial charge in [-0.25, -0.2) is 0 Å². The first-order chi connectivity index (χ1) is 11.2. The fraction of sp³-hybridized carbons (Fsp3) is 0.316. The molecule has 1 aliphatic carbocycles. The predicted octanol–water partition coefficient (Wildman–Crippen LogP) is 3.93. The summed E-state index contributed by atoms with van der Waals surface area (Å²) in [7, 11) is 0. The smallest absolute Gasteiger partial charge is 0.225 e. The lowest BCUT2D eigenvalue weighted by molar-refractivity contribution is -0.120. The molecule has 1 saturated carbocycles. The Balaban J connectivity index is 1.52. The summed E-state index contributed by atoms with van der Waals surface area (Å²) in [5, 5.41) is 6.47. The van der Waals surface area contributed by atoms with Crippen molar-refractivity contribution in [2.24, 2.45) is 0 Å². The van der Waals surface area contributed by atoms with Gasteiger partial charge in [0, 0.05) is 33.4 Å². The molecule has 1 amide bonds. The highest BCUT2D eigenvalue weighted by molar-refractivity contribution is 7.10. The fourth-order valence-electron chi connectivity index (χ4n) is 3.53. The molecule has 2 heterocycles. The van der Waals surface area contributed by atoms with Crippen molar-refractivity contribution in [2.75, 3.05) is 6.54 Å². The molecule has 0 aliphatic heterocycles. The zero-order valence-electron chi connectivity index (χ0n) is 13.2. The summed E-state index contributed by atoms with van der Waals surface area (Å²) in [5.74, 6) is 0.121. The lowest BCUT2D eigenvalue weighted by atomic mass is 9.93. The molecule has 2 N–H and O–H groups in total. The number of aryl methyl sites for hydroxylation is 1. The number of hydrogen-bond donors (Lipinski definition) is 2. The number of benzene rings is 1. The van der Waals surface area contributed by atoms with Crippen LogP contribution < -0.4 is 5.32 Å². The maximum atomic E-state index is 12.2. The second-order valence-corrected chi connectivity index (χ2v) is 7.52. The molecular formula is C19H20N2OS. The molecule has 3 aromatic rings. The summed E-state index contributed by atoms with van der Waals surface area (Å²) in [4.78, 5) is 16.8. The van der Waals surface area contributed by atoms with E-state index in [9.17, 15) is 4.79 Å². The number of amides is 1. The van der Waals surface area contributed by atoms with Gasteiger partial charge < -0.3 is 10.3 Å². The Bertz CT molecular complexity index is 844. The zero-order valence-corrected chi connectivity index (χ0v) is 14.0. The van der Waals surface area contributed by atoms with Crippen molar-refractivity contribution in [2.45, 2.75) is 31.6 Å². The summed E-state index contributed by atoms with van der Waals surface area (Å²) in [5.41, 5.74) is 3.94. The Morgan fingerprint density at radius 3 is 2.83 bits per heavy atom. The van der Waals surface area contributed by atoms with Crippen LogP contribution in [-0.2, 0) is 16.6 Å². The third kappa shape index (κ3) is 2.68. The summed E-state index contributed by atoms with van der Waals surface area (Å²) in [6.07, 6.45) is 2.78. The van der Waals surface area contributed by atoms with E-state index in [0.717, 1.165) is 24.3 Å². The minimum atomic E-state index is 0.120. The minimum Gasteiger partial charge on any atom is -0.358 e. The first-order valence-corrected chi connectivity index (χ1v) is 8.93. The van der Waals surface area contributed by atoms with Crippen LogP contribution >= 0.6 is 11.3 Å². The van der Waals surface area contributed by atoms with Crippen molar-refractivity contribution in [3.05, 3.63) is 57.9 Å². The third-order valence-electron chi connectivity index (χ3n) is 4.82. The Hall–Kier alpha value is -2.07. The molecule has 0 spiro atoms. The van der Waals surface area contributed by atoms with E-state index in [4.69, 9.17) is 0 Å². The summed E-state index contributed by atoms with van der Waals surface area (Å²) < 4.78 is 0. The van der Waals surface area contributed by atoms with E-state index in [0.29, 0.717) is 6.42 Å². The number of nitrogens with one attached hydrogen (secondary N) is 2. The first-order valence-electron chi connectivity index (χ1n) is 8.05. The molecule has 4 heteroatoms. The van der Waals surface area contributed by atoms with Crippen LogP contribution in [0.25, 0.3) is 10.9 Å². The van der Waals surface area contributed by atoms with Crippen LogP contribution in [0.2, 0.25) is 0 Å². The van der Waals surface area contributed by atoms with Gasteiger partial charge in [0.1, 0.15) is 0 Å². The van der Waals surface area contributed by atoms with Gasteiger partial charge in [-0.1, -0.05) is 24.3 Å². The number of thiophene rings is 1. The predicted molar refractivity (Wildman–Crippen MR) is 95.0 cm³/mol. The molecule has 1 aliphatic rings. The summed E-state index contributed by atoms with van der Waals surface area (Å²) in [6, 6.07) is 12.5. The number of aromatic amines is 1.